The van der Waals surface area contributed by atoms with E-state index in [4.69, 9.17) is 14.2 Å². The van der Waals surface area contributed by atoms with Crippen molar-refractivity contribution in [3.8, 4) is 11.5 Å². The number of ether oxygens (including phenoxy) is 3. The molecule has 3 aromatic carbocycles. The summed E-state index contributed by atoms with van der Waals surface area (Å²) in [6.45, 7) is 1.94. The second kappa shape index (κ2) is 11.1. The molecule has 0 radical (unpaired) electrons. The van der Waals surface area contributed by atoms with Crippen LogP contribution in [0.15, 0.2) is 70.3 Å². The number of amides is 1. The van der Waals surface area contributed by atoms with Crippen LogP contribution in [0, 0.1) is 5.82 Å². The standard InChI is InChI=1S/C29H28FN3O6/c1-37-25-15-22-24(16-26(25)38-2)32(18-21-5-3-4-6-23(21)30)29(36)33(28(22)35)17-19-7-9-20(10-8-19)27(34)31-11-13-39-14-12-31/h3-10,15-16H,11-14,17-18H2,1-2H3. The first-order valence-corrected chi connectivity index (χ1v) is 12.5. The highest BCUT2D eigenvalue weighted by Crippen LogP contribution is 2.30. The number of aromatic nitrogens is 2. The van der Waals surface area contributed by atoms with Gasteiger partial charge in [0.1, 0.15) is 5.82 Å². The van der Waals surface area contributed by atoms with Gasteiger partial charge in [0.15, 0.2) is 11.5 Å². The van der Waals surface area contributed by atoms with E-state index in [0.29, 0.717) is 60.0 Å². The molecule has 9 nitrogen and oxygen atoms in total. The van der Waals surface area contributed by atoms with Crippen LogP contribution in [-0.4, -0.2) is 60.5 Å². The van der Waals surface area contributed by atoms with Gasteiger partial charge in [-0.25, -0.2) is 9.18 Å². The van der Waals surface area contributed by atoms with Crippen molar-refractivity contribution in [2.45, 2.75) is 13.1 Å². The van der Waals surface area contributed by atoms with Gasteiger partial charge in [0.05, 0.1) is 51.4 Å². The smallest absolute Gasteiger partial charge is 0.332 e. The molecule has 0 N–H and O–H groups in total. The van der Waals surface area contributed by atoms with Crippen LogP contribution >= 0.6 is 0 Å². The summed E-state index contributed by atoms with van der Waals surface area (Å²) in [7, 11) is 2.91. The van der Waals surface area contributed by atoms with E-state index in [0.717, 1.165) is 4.57 Å². The van der Waals surface area contributed by atoms with Gasteiger partial charge in [-0.3, -0.25) is 18.7 Å². The molecule has 1 amide bonds. The Labute approximate surface area is 223 Å². The van der Waals surface area contributed by atoms with Crippen LogP contribution in [0.1, 0.15) is 21.5 Å². The number of rotatable bonds is 7. The minimum atomic E-state index is -0.601. The Kier molecular flexibility index (Phi) is 7.47. The van der Waals surface area contributed by atoms with Crippen LogP contribution in [-0.2, 0) is 17.8 Å². The number of nitrogens with zero attached hydrogens (tertiary/aromatic N) is 3. The molecule has 0 unspecified atom stereocenters. The predicted molar refractivity (Wildman–Crippen MR) is 143 cm³/mol. The summed E-state index contributed by atoms with van der Waals surface area (Å²) in [5.74, 6) is 0.109. The quantitative estimate of drug-likeness (QED) is 0.363. The minimum absolute atomic E-state index is 0.0365. The first-order chi connectivity index (χ1) is 18.9. The van der Waals surface area contributed by atoms with Crippen molar-refractivity contribution in [3.63, 3.8) is 0 Å². The maximum absolute atomic E-state index is 14.6. The van der Waals surface area contributed by atoms with Gasteiger partial charge in [0, 0.05) is 30.3 Å². The Bertz CT molecular complexity index is 1640. The summed E-state index contributed by atoms with van der Waals surface area (Å²) in [5, 5.41) is 0.225. The molecular formula is C29H28FN3O6. The first kappa shape index (κ1) is 26.2. The molecule has 1 aliphatic heterocycles. The van der Waals surface area contributed by atoms with E-state index in [-0.39, 0.29) is 24.4 Å². The number of carbonyl (C=O) groups is 1. The van der Waals surface area contributed by atoms with E-state index in [1.807, 2.05) is 0 Å². The monoisotopic (exact) mass is 533 g/mol. The fraction of sp³-hybridized carbons (Fsp3) is 0.276. The molecule has 5 rings (SSSR count). The average Bonchev–Trinajstić information content (AvgIpc) is 2.98. The summed E-state index contributed by atoms with van der Waals surface area (Å²) in [4.78, 5) is 41.8. The van der Waals surface area contributed by atoms with Crippen LogP contribution in [0.3, 0.4) is 0 Å². The molecule has 1 fully saturated rings. The number of methoxy groups -OCH3 is 2. The summed E-state index contributed by atoms with van der Waals surface area (Å²) >= 11 is 0. The van der Waals surface area contributed by atoms with Crippen molar-refractivity contribution in [3.05, 3.63) is 104 Å². The summed E-state index contributed by atoms with van der Waals surface area (Å²) < 4.78 is 33.1. The number of hydrogen-bond donors (Lipinski definition) is 0. The van der Waals surface area contributed by atoms with E-state index in [1.165, 1.54) is 30.9 Å². The lowest BCUT2D eigenvalue weighted by molar-refractivity contribution is 0.0303. The average molecular weight is 534 g/mol. The zero-order valence-electron chi connectivity index (χ0n) is 21.7. The zero-order valence-corrected chi connectivity index (χ0v) is 21.7. The molecule has 2 heterocycles. The summed E-state index contributed by atoms with van der Waals surface area (Å²) in [6, 6.07) is 16.1. The molecule has 1 saturated heterocycles. The fourth-order valence-corrected chi connectivity index (χ4v) is 4.72. The third-order valence-corrected chi connectivity index (χ3v) is 6.86. The molecule has 4 aromatic rings. The Morgan fingerprint density at radius 3 is 2.23 bits per heavy atom. The van der Waals surface area contributed by atoms with Gasteiger partial charge < -0.3 is 19.1 Å². The van der Waals surface area contributed by atoms with Crippen LogP contribution in [0.4, 0.5) is 4.39 Å². The van der Waals surface area contributed by atoms with Gasteiger partial charge >= 0.3 is 5.69 Å². The lowest BCUT2D eigenvalue weighted by atomic mass is 10.1. The molecule has 0 saturated carbocycles. The third kappa shape index (κ3) is 5.15. The first-order valence-electron chi connectivity index (χ1n) is 12.5. The number of carbonyl (C=O) groups excluding carboxylic acids is 1. The Morgan fingerprint density at radius 1 is 0.897 bits per heavy atom. The topological polar surface area (TPSA) is 92.0 Å². The normalized spacial score (nSPS) is 13.5. The van der Waals surface area contributed by atoms with Crippen LogP contribution in [0.5, 0.6) is 11.5 Å². The summed E-state index contributed by atoms with van der Waals surface area (Å²) in [5.41, 5.74) is 0.649. The van der Waals surface area contributed by atoms with Gasteiger partial charge in [0.25, 0.3) is 11.5 Å². The third-order valence-electron chi connectivity index (χ3n) is 6.86. The molecular weight excluding hydrogens is 505 g/mol. The lowest BCUT2D eigenvalue weighted by Gasteiger charge is -2.26. The highest BCUT2D eigenvalue weighted by atomic mass is 19.1. The Hall–Kier alpha value is -4.44. The summed E-state index contributed by atoms with van der Waals surface area (Å²) in [6.07, 6.45) is 0. The molecule has 202 valence electrons. The predicted octanol–water partition coefficient (Wildman–Crippen LogP) is 2.89. The Morgan fingerprint density at radius 2 is 1.56 bits per heavy atom. The fourth-order valence-electron chi connectivity index (χ4n) is 4.72. The zero-order chi connectivity index (χ0) is 27.5. The van der Waals surface area contributed by atoms with E-state index in [2.05, 4.69) is 0 Å². The molecule has 10 heteroatoms. The van der Waals surface area contributed by atoms with Crippen molar-refractivity contribution < 1.29 is 23.4 Å². The second-order valence-electron chi connectivity index (χ2n) is 9.18. The highest BCUT2D eigenvalue weighted by Gasteiger charge is 2.20. The number of fused-ring (bicyclic) bond motifs is 1. The molecule has 1 aliphatic rings. The molecule has 1 aromatic heterocycles. The molecule has 0 spiro atoms. The number of benzene rings is 3. The number of halogens is 1. The van der Waals surface area contributed by atoms with Gasteiger partial charge in [-0.05, 0) is 29.8 Å². The molecule has 0 atom stereocenters. The maximum atomic E-state index is 14.6. The van der Waals surface area contributed by atoms with Crippen LogP contribution < -0.4 is 20.7 Å². The maximum Gasteiger partial charge on any atom is 0.332 e. The van der Waals surface area contributed by atoms with E-state index in [1.54, 1.807) is 53.4 Å². The van der Waals surface area contributed by atoms with Crippen molar-refractivity contribution in [1.29, 1.82) is 0 Å². The molecule has 0 bridgehead atoms. The molecule has 39 heavy (non-hydrogen) atoms. The van der Waals surface area contributed by atoms with Crippen molar-refractivity contribution in [2.24, 2.45) is 0 Å². The highest BCUT2D eigenvalue weighted by molar-refractivity contribution is 5.94. The van der Waals surface area contributed by atoms with Crippen molar-refractivity contribution in [2.75, 3.05) is 40.5 Å². The molecule has 0 aliphatic carbocycles. The van der Waals surface area contributed by atoms with Crippen LogP contribution in [0.25, 0.3) is 10.9 Å². The van der Waals surface area contributed by atoms with Gasteiger partial charge in [-0.15, -0.1) is 0 Å². The van der Waals surface area contributed by atoms with E-state index in [9.17, 15) is 18.8 Å². The van der Waals surface area contributed by atoms with Crippen molar-refractivity contribution in [1.82, 2.24) is 14.0 Å². The number of hydrogen-bond acceptors (Lipinski definition) is 6. The van der Waals surface area contributed by atoms with Crippen molar-refractivity contribution >= 4 is 16.8 Å². The van der Waals surface area contributed by atoms with Gasteiger partial charge in [0.2, 0.25) is 0 Å². The minimum Gasteiger partial charge on any atom is -0.493 e. The van der Waals surface area contributed by atoms with Crippen LogP contribution in [0.2, 0.25) is 0 Å². The van der Waals surface area contributed by atoms with Gasteiger partial charge in [-0.1, -0.05) is 30.3 Å². The van der Waals surface area contributed by atoms with Gasteiger partial charge in [-0.2, -0.15) is 0 Å². The van der Waals surface area contributed by atoms with E-state index >= 15 is 0 Å². The second-order valence-corrected chi connectivity index (χ2v) is 9.18. The van der Waals surface area contributed by atoms with E-state index < -0.39 is 17.1 Å². The Balaban J connectivity index is 1.57. The largest absolute Gasteiger partial charge is 0.493 e. The lowest BCUT2D eigenvalue weighted by Crippen LogP contribution is -2.41. The number of morpholine rings is 1. The SMILES string of the molecule is COc1cc2c(=O)n(Cc3ccc(C(=O)N4CCOCC4)cc3)c(=O)n(Cc3ccccc3F)c2cc1OC.